The SMILES string of the molecule is Cc1cccc(N2CCN(C(=O)Cn3ncn4nc(-c5ccccc5)cc4c3=O)C[C@@H]2C)c1. The lowest BCUT2D eigenvalue weighted by Gasteiger charge is -2.41. The summed E-state index contributed by atoms with van der Waals surface area (Å²) < 4.78 is 2.69. The van der Waals surface area contributed by atoms with Crippen molar-refractivity contribution in [3.8, 4) is 11.3 Å². The summed E-state index contributed by atoms with van der Waals surface area (Å²) in [5, 5.41) is 8.63. The molecule has 8 heteroatoms. The number of anilines is 1. The molecule has 0 N–H and O–H groups in total. The number of carbonyl (C=O) groups excluding carboxylic acids is 1. The maximum Gasteiger partial charge on any atom is 0.293 e. The first kappa shape index (κ1) is 20.9. The molecule has 5 rings (SSSR count). The fourth-order valence-electron chi connectivity index (χ4n) is 4.40. The van der Waals surface area contributed by atoms with E-state index in [1.165, 1.54) is 26.8 Å². The molecule has 0 saturated carbocycles. The summed E-state index contributed by atoms with van der Waals surface area (Å²) in [6, 6.07) is 20.0. The molecular formula is C25H26N6O2. The predicted octanol–water partition coefficient (Wildman–Crippen LogP) is 2.60. The fraction of sp³-hybridized carbons (Fsp3) is 0.280. The topological polar surface area (TPSA) is 75.7 Å². The van der Waals surface area contributed by atoms with Crippen LogP contribution in [0.2, 0.25) is 0 Å². The fourth-order valence-corrected chi connectivity index (χ4v) is 4.40. The zero-order chi connectivity index (χ0) is 22.9. The van der Waals surface area contributed by atoms with E-state index in [-0.39, 0.29) is 24.1 Å². The zero-order valence-corrected chi connectivity index (χ0v) is 18.8. The van der Waals surface area contributed by atoms with Crippen molar-refractivity contribution >= 4 is 17.1 Å². The summed E-state index contributed by atoms with van der Waals surface area (Å²) in [4.78, 5) is 30.1. The third-order valence-corrected chi connectivity index (χ3v) is 6.16. The van der Waals surface area contributed by atoms with Crippen molar-refractivity contribution in [3.63, 3.8) is 0 Å². The van der Waals surface area contributed by atoms with E-state index in [1.807, 2.05) is 35.2 Å². The van der Waals surface area contributed by atoms with Gasteiger partial charge in [0.15, 0.2) is 0 Å². The Hall–Kier alpha value is -3.94. The summed E-state index contributed by atoms with van der Waals surface area (Å²) >= 11 is 0. The van der Waals surface area contributed by atoms with Gasteiger partial charge in [-0.25, -0.2) is 9.20 Å². The van der Waals surface area contributed by atoms with E-state index in [9.17, 15) is 9.59 Å². The molecule has 2 aromatic heterocycles. The van der Waals surface area contributed by atoms with E-state index in [1.54, 1.807) is 6.07 Å². The van der Waals surface area contributed by atoms with Crippen LogP contribution in [0.25, 0.3) is 16.8 Å². The van der Waals surface area contributed by atoms with Gasteiger partial charge in [0.2, 0.25) is 5.91 Å². The Kier molecular flexibility index (Phi) is 5.42. The van der Waals surface area contributed by atoms with Gasteiger partial charge in [0.1, 0.15) is 18.4 Å². The van der Waals surface area contributed by atoms with Crippen LogP contribution in [0, 0.1) is 6.92 Å². The largest absolute Gasteiger partial charge is 0.365 e. The molecule has 0 unspecified atom stereocenters. The summed E-state index contributed by atoms with van der Waals surface area (Å²) in [5.74, 6) is -0.104. The molecule has 8 nitrogen and oxygen atoms in total. The number of rotatable bonds is 4. The van der Waals surface area contributed by atoms with Crippen molar-refractivity contribution in [2.45, 2.75) is 26.4 Å². The average Bonchev–Trinajstić information content (AvgIpc) is 3.27. The Bertz CT molecular complexity index is 1360. The highest BCUT2D eigenvalue weighted by molar-refractivity contribution is 5.76. The van der Waals surface area contributed by atoms with Crippen molar-refractivity contribution in [1.29, 1.82) is 0 Å². The normalized spacial score (nSPS) is 16.4. The molecule has 0 bridgehead atoms. The smallest absolute Gasteiger partial charge is 0.293 e. The molecule has 1 aliphatic rings. The van der Waals surface area contributed by atoms with Crippen molar-refractivity contribution in [2.75, 3.05) is 24.5 Å². The van der Waals surface area contributed by atoms with Crippen molar-refractivity contribution in [3.05, 3.63) is 82.9 Å². The zero-order valence-electron chi connectivity index (χ0n) is 18.8. The molecule has 4 aromatic rings. The Morgan fingerprint density at radius 3 is 2.64 bits per heavy atom. The summed E-state index contributed by atoms with van der Waals surface area (Å²) in [6.45, 7) is 6.08. The second-order valence-corrected chi connectivity index (χ2v) is 8.54. The van der Waals surface area contributed by atoms with Gasteiger partial charge in [-0.1, -0.05) is 42.5 Å². The highest BCUT2D eigenvalue weighted by atomic mass is 16.2. The molecule has 33 heavy (non-hydrogen) atoms. The Labute approximate surface area is 191 Å². The first-order valence-electron chi connectivity index (χ1n) is 11.1. The monoisotopic (exact) mass is 442 g/mol. The number of hydrogen-bond donors (Lipinski definition) is 0. The van der Waals surface area contributed by atoms with Gasteiger partial charge in [0.05, 0.1) is 5.69 Å². The van der Waals surface area contributed by atoms with Crippen LogP contribution in [0.4, 0.5) is 5.69 Å². The molecule has 1 fully saturated rings. The maximum absolute atomic E-state index is 13.0. The molecule has 1 saturated heterocycles. The number of benzene rings is 2. The number of amides is 1. The number of aryl methyl sites for hydroxylation is 1. The van der Waals surface area contributed by atoms with Crippen LogP contribution in [0.5, 0.6) is 0 Å². The molecule has 168 valence electrons. The molecule has 2 aromatic carbocycles. The van der Waals surface area contributed by atoms with Crippen LogP contribution in [-0.2, 0) is 11.3 Å². The quantitative estimate of drug-likeness (QED) is 0.486. The predicted molar refractivity (Wildman–Crippen MR) is 127 cm³/mol. The van der Waals surface area contributed by atoms with Crippen LogP contribution in [0.15, 0.2) is 71.8 Å². The van der Waals surface area contributed by atoms with Crippen molar-refractivity contribution < 1.29 is 4.79 Å². The number of piperazine rings is 1. The maximum atomic E-state index is 13.0. The second-order valence-electron chi connectivity index (χ2n) is 8.54. The molecule has 1 amide bonds. The number of nitrogens with zero attached hydrogens (tertiary/aromatic N) is 6. The molecule has 3 heterocycles. The van der Waals surface area contributed by atoms with Crippen molar-refractivity contribution in [1.82, 2.24) is 24.3 Å². The molecule has 1 aliphatic heterocycles. The van der Waals surface area contributed by atoms with Crippen LogP contribution < -0.4 is 10.5 Å². The Balaban J connectivity index is 1.31. The third kappa shape index (κ3) is 4.11. The number of hydrogen-bond acceptors (Lipinski definition) is 5. The van der Waals surface area contributed by atoms with Crippen LogP contribution in [0.3, 0.4) is 0 Å². The Morgan fingerprint density at radius 2 is 1.88 bits per heavy atom. The second kappa shape index (κ2) is 8.54. The van der Waals surface area contributed by atoms with Gasteiger partial charge in [0.25, 0.3) is 5.56 Å². The van der Waals surface area contributed by atoms with E-state index < -0.39 is 0 Å². The highest BCUT2D eigenvalue weighted by Gasteiger charge is 2.27. The van der Waals surface area contributed by atoms with Gasteiger partial charge in [-0.15, -0.1) is 0 Å². The van der Waals surface area contributed by atoms with Crippen LogP contribution >= 0.6 is 0 Å². The molecule has 0 aliphatic carbocycles. The minimum absolute atomic E-state index is 0.0850. The summed E-state index contributed by atoms with van der Waals surface area (Å²) in [6.07, 6.45) is 1.48. The lowest BCUT2D eigenvalue weighted by atomic mass is 10.1. The highest BCUT2D eigenvalue weighted by Crippen LogP contribution is 2.22. The average molecular weight is 443 g/mol. The van der Waals surface area contributed by atoms with Crippen LogP contribution in [-0.4, -0.2) is 55.9 Å². The van der Waals surface area contributed by atoms with E-state index in [0.717, 1.165) is 12.1 Å². The van der Waals surface area contributed by atoms with E-state index >= 15 is 0 Å². The van der Waals surface area contributed by atoms with Gasteiger partial charge in [-0.3, -0.25) is 9.59 Å². The first-order valence-corrected chi connectivity index (χ1v) is 11.1. The molecule has 0 radical (unpaired) electrons. The van der Waals surface area contributed by atoms with Gasteiger partial charge in [0, 0.05) is 36.9 Å². The van der Waals surface area contributed by atoms with Crippen molar-refractivity contribution in [2.24, 2.45) is 0 Å². The van der Waals surface area contributed by atoms with Gasteiger partial charge in [-0.2, -0.15) is 10.2 Å². The summed E-state index contributed by atoms with van der Waals surface area (Å²) in [7, 11) is 0. The number of aromatic nitrogens is 4. The van der Waals surface area contributed by atoms with Gasteiger partial charge in [-0.05, 0) is 37.6 Å². The molecule has 1 atom stereocenters. The molecular weight excluding hydrogens is 416 g/mol. The molecule has 0 spiro atoms. The number of fused-ring (bicyclic) bond motifs is 1. The lowest BCUT2D eigenvalue weighted by molar-refractivity contribution is -0.132. The Morgan fingerprint density at radius 1 is 1.06 bits per heavy atom. The van der Waals surface area contributed by atoms with E-state index in [4.69, 9.17) is 0 Å². The van der Waals surface area contributed by atoms with E-state index in [2.05, 4.69) is 53.2 Å². The van der Waals surface area contributed by atoms with Gasteiger partial charge < -0.3 is 9.80 Å². The standard InChI is InChI=1S/C25H26N6O2/c1-18-7-6-10-21(13-18)29-12-11-28(15-19(29)2)24(32)16-30-25(33)23-14-22(27-31(23)17-26-30)20-8-4-3-5-9-20/h3-10,13-14,17,19H,11-12,15-16H2,1-2H3/t19-/m0/s1. The summed E-state index contributed by atoms with van der Waals surface area (Å²) in [5.41, 5.74) is 4.08. The third-order valence-electron chi connectivity index (χ3n) is 6.16. The first-order chi connectivity index (χ1) is 16.0. The lowest BCUT2D eigenvalue weighted by Crippen LogP contribution is -2.54. The number of carbonyl (C=O) groups is 1. The van der Waals surface area contributed by atoms with Gasteiger partial charge >= 0.3 is 0 Å². The minimum Gasteiger partial charge on any atom is -0.365 e. The van der Waals surface area contributed by atoms with Crippen LogP contribution in [0.1, 0.15) is 12.5 Å². The van der Waals surface area contributed by atoms with E-state index in [0.29, 0.717) is 24.3 Å². The minimum atomic E-state index is -0.327.